The van der Waals surface area contributed by atoms with E-state index in [0.29, 0.717) is 11.3 Å². The van der Waals surface area contributed by atoms with Crippen LogP contribution in [0.25, 0.3) is 22.3 Å². The number of rotatable bonds is 1. The minimum absolute atomic E-state index is 0.0814. The highest BCUT2D eigenvalue weighted by Gasteiger charge is 2.08. The summed E-state index contributed by atoms with van der Waals surface area (Å²) in [5.41, 5.74) is 7.63. The van der Waals surface area contributed by atoms with Crippen molar-refractivity contribution in [2.45, 2.75) is 0 Å². The average molecular weight is 225 g/mol. The first kappa shape index (κ1) is 9.78. The summed E-state index contributed by atoms with van der Waals surface area (Å²) in [6, 6.07) is 14.9. The van der Waals surface area contributed by atoms with Crippen LogP contribution in [0.15, 0.2) is 52.9 Å². The minimum atomic E-state index is 0.0814. The van der Waals surface area contributed by atoms with Gasteiger partial charge in [0.05, 0.1) is 5.69 Å². The summed E-state index contributed by atoms with van der Waals surface area (Å²) in [6.07, 6.45) is 0. The Kier molecular flexibility index (Phi) is 2.05. The fourth-order valence-corrected chi connectivity index (χ4v) is 1.84. The highest BCUT2D eigenvalue weighted by molar-refractivity contribution is 5.87. The molecule has 84 valence electrons. The summed E-state index contributed by atoms with van der Waals surface area (Å²) < 4.78 is 5.70. The second-order valence-electron chi connectivity index (χ2n) is 3.93. The van der Waals surface area contributed by atoms with Crippen molar-refractivity contribution < 1.29 is 9.52 Å². The number of nitrogens with two attached hydrogens (primary N) is 1. The molecule has 0 saturated heterocycles. The standard InChI is InChI=1S/C14H11NO2/c15-11-8-14-10(6-12(11)16)7-13(17-14)9-4-2-1-3-5-9/h1-8,16H,15H2. The first-order chi connectivity index (χ1) is 8.24. The number of aromatic hydroxyl groups is 1. The number of fused-ring (bicyclic) bond motifs is 1. The number of nitrogen functional groups attached to an aromatic ring is 1. The van der Waals surface area contributed by atoms with Gasteiger partial charge < -0.3 is 15.3 Å². The smallest absolute Gasteiger partial charge is 0.139 e. The molecule has 0 radical (unpaired) electrons. The van der Waals surface area contributed by atoms with Gasteiger partial charge in [0, 0.05) is 17.0 Å². The van der Waals surface area contributed by atoms with Gasteiger partial charge in [-0.2, -0.15) is 0 Å². The van der Waals surface area contributed by atoms with Crippen LogP contribution >= 0.6 is 0 Å². The fourth-order valence-electron chi connectivity index (χ4n) is 1.84. The number of hydrogen-bond acceptors (Lipinski definition) is 3. The second-order valence-corrected chi connectivity index (χ2v) is 3.93. The zero-order valence-electron chi connectivity index (χ0n) is 9.05. The molecule has 2 aromatic carbocycles. The third-order valence-electron chi connectivity index (χ3n) is 2.72. The van der Waals surface area contributed by atoms with Gasteiger partial charge in [0.2, 0.25) is 0 Å². The molecule has 0 aliphatic carbocycles. The van der Waals surface area contributed by atoms with Gasteiger partial charge in [0.25, 0.3) is 0 Å². The Morgan fingerprint density at radius 3 is 2.53 bits per heavy atom. The summed E-state index contributed by atoms with van der Waals surface area (Å²) >= 11 is 0. The third kappa shape index (κ3) is 1.61. The van der Waals surface area contributed by atoms with E-state index in [1.165, 1.54) is 0 Å². The van der Waals surface area contributed by atoms with Crippen molar-refractivity contribution in [3.05, 3.63) is 48.5 Å². The second kappa shape index (κ2) is 3.56. The molecule has 1 heterocycles. The Bertz CT molecular complexity index is 632. The molecule has 3 nitrogen and oxygen atoms in total. The zero-order valence-corrected chi connectivity index (χ0v) is 9.05. The van der Waals surface area contributed by atoms with E-state index in [1.54, 1.807) is 12.1 Å². The van der Waals surface area contributed by atoms with Gasteiger partial charge in [0.15, 0.2) is 0 Å². The largest absolute Gasteiger partial charge is 0.506 e. The van der Waals surface area contributed by atoms with E-state index >= 15 is 0 Å². The first-order valence-corrected chi connectivity index (χ1v) is 5.31. The van der Waals surface area contributed by atoms with Crippen molar-refractivity contribution in [3.63, 3.8) is 0 Å². The monoisotopic (exact) mass is 225 g/mol. The van der Waals surface area contributed by atoms with Crippen molar-refractivity contribution in [1.82, 2.24) is 0 Å². The summed E-state index contributed by atoms with van der Waals surface area (Å²) in [5.74, 6) is 0.850. The van der Waals surface area contributed by atoms with Crippen LogP contribution < -0.4 is 5.73 Å². The number of benzene rings is 2. The molecule has 0 spiro atoms. The Hall–Kier alpha value is -2.42. The summed E-state index contributed by atoms with van der Waals surface area (Å²) in [4.78, 5) is 0. The van der Waals surface area contributed by atoms with E-state index in [0.717, 1.165) is 16.7 Å². The number of hydrogen-bond donors (Lipinski definition) is 2. The molecular weight excluding hydrogens is 214 g/mol. The van der Waals surface area contributed by atoms with E-state index in [4.69, 9.17) is 10.2 Å². The lowest BCUT2D eigenvalue weighted by Crippen LogP contribution is -1.83. The van der Waals surface area contributed by atoms with Crippen LogP contribution in [0.4, 0.5) is 5.69 Å². The maximum absolute atomic E-state index is 9.53. The molecule has 0 amide bonds. The highest BCUT2D eigenvalue weighted by Crippen LogP contribution is 2.32. The lowest BCUT2D eigenvalue weighted by molar-refractivity contribution is 0.478. The molecule has 0 fully saturated rings. The van der Waals surface area contributed by atoms with Crippen LogP contribution in [0.2, 0.25) is 0 Å². The lowest BCUT2D eigenvalue weighted by Gasteiger charge is -1.96. The quantitative estimate of drug-likeness (QED) is 0.493. The van der Waals surface area contributed by atoms with E-state index in [1.807, 2.05) is 36.4 Å². The van der Waals surface area contributed by atoms with E-state index < -0.39 is 0 Å². The van der Waals surface area contributed by atoms with Gasteiger partial charge in [-0.1, -0.05) is 30.3 Å². The van der Waals surface area contributed by atoms with Crippen LogP contribution in [0, 0.1) is 0 Å². The maximum Gasteiger partial charge on any atom is 0.139 e. The molecular formula is C14H11NO2. The number of anilines is 1. The molecule has 3 heteroatoms. The van der Waals surface area contributed by atoms with Gasteiger partial charge in [-0.3, -0.25) is 0 Å². The molecule has 0 atom stereocenters. The van der Waals surface area contributed by atoms with E-state index in [2.05, 4.69) is 0 Å². The molecule has 0 aliphatic heterocycles. The fraction of sp³-hybridized carbons (Fsp3) is 0. The highest BCUT2D eigenvalue weighted by atomic mass is 16.3. The Morgan fingerprint density at radius 2 is 1.76 bits per heavy atom. The molecule has 0 saturated carbocycles. The van der Waals surface area contributed by atoms with Crippen molar-refractivity contribution in [1.29, 1.82) is 0 Å². The molecule has 17 heavy (non-hydrogen) atoms. The minimum Gasteiger partial charge on any atom is -0.506 e. The average Bonchev–Trinajstić information content (AvgIpc) is 2.74. The predicted molar refractivity (Wildman–Crippen MR) is 67.7 cm³/mol. The van der Waals surface area contributed by atoms with Gasteiger partial charge in [-0.05, 0) is 12.1 Å². The van der Waals surface area contributed by atoms with Crippen molar-refractivity contribution in [2.24, 2.45) is 0 Å². The number of phenolic OH excluding ortho intramolecular Hbond substituents is 1. The summed E-state index contributed by atoms with van der Waals surface area (Å²) in [7, 11) is 0. The lowest BCUT2D eigenvalue weighted by atomic mass is 10.1. The molecule has 0 unspecified atom stereocenters. The number of phenols is 1. The van der Waals surface area contributed by atoms with Crippen LogP contribution in [0.3, 0.4) is 0 Å². The van der Waals surface area contributed by atoms with Crippen LogP contribution in [0.5, 0.6) is 5.75 Å². The van der Waals surface area contributed by atoms with Crippen molar-refractivity contribution in [3.8, 4) is 17.1 Å². The van der Waals surface area contributed by atoms with Gasteiger partial charge in [-0.25, -0.2) is 0 Å². The molecule has 1 aromatic heterocycles. The van der Waals surface area contributed by atoms with E-state index in [9.17, 15) is 5.11 Å². The maximum atomic E-state index is 9.53. The Morgan fingerprint density at radius 1 is 1.00 bits per heavy atom. The Balaban J connectivity index is 2.21. The first-order valence-electron chi connectivity index (χ1n) is 5.31. The van der Waals surface area contributed by atoms with Gasteiger partial charge >= 0.3 is 0 Å². The van der Waals surface area contributed by atoms with Crippen molar-refractivity contribution in [2.75, 3.05) is 5.73 Å². The molecule has 3 N–H and O–H groups in total. The normalized spacial score (nSPS) is 10.8. The van der Waals surface area contributed by atoms with Crippen molar-refractivity contribution >= 4 is 16.7 Å². The van der Waals surface area contributed by atoms with Gasteiger partial charge in [0.1, 0.15) is 17.1 Å². The topological polar surface area (TPSA) is 59.4 Å². The molecule has 0 aliphatic rings. The van der Waals surface area contributed by atoms with Crippen LogP contribution in [-0.2, 0) is 0 Å². The summed E-state index contributed by atoms with van der Waals surface area (Å²) in [6.45, 7) is 0. The predicted octanol–water partition coefficient (Wildman–Crippen LogP) is 3.39. The SMILES string of the molecule is Nc1cc2oc(-c3ccccc3)cc2cc1O. The third-order valence-corrected chi connectivity index (χ3v) is 2.72. The van der Waals surface area contributed by atoms with Crippen LogP contribution in [0.1, 0.15) is 0 Å². The van der Waals surface area contributed by atoms with E-state index in [-0.39, 0.29) is 5.75 Å². The molecule has 3 rings (SSSR count). The Labute approximate surface area is 98.1 Å². The molecule has 3 aromatic rings. The molecule has 0 bridgehead atoms. The zero-order chi connectivity index (χ0) is 11.8. The number of furan rings is 1. The van der Waals surface area contributed by atoms with Gasteiger partial charge in [-0.15, -0.1) is 0 Å². The van der Waals surface area contributed by atoms with Crippen LogP contribution in [-0.4, -0.2) is 5.11 Å². The summed E-state index contributed by atoms with van der Waals surface area (Å²) in [5, 5.41) is 10.4.